The maximum Gasteiger partial charge on any atom is 0.434 e. The highest BCUT2D eigenvalue weighted by Gasteiger charge is 2.49. The molecule has 0 spiro atoms. The molecule has 2 aromatic rings. The van der Waals surface area contributed by atoms with Crippen molar-refractivity contribution in [1.29, 1.82) is 0 Å². The lowest BCUT2D eigenvalue weighted by atomic mass is 9.81. The summed E-state index contributed by atoms with van der Waals surface area (Å²) >= 11 is 0. The first-order valence-electron chi connectivity index (χ1n) is 10.8. The Kier molecular flexibility index (Phi) is 6.00. The number of nitrogens with zero attached hydrogens (tertiary/aromatic N) is 5. The Morgan fingerprint density at radius 1 is 1.29 bits per heavy atom. The van der Waals surface area contributed by atoms with Crippen molar-refractivity contribution in [3.8, 4) is 5.88 Å². The molecular formula is C21H26F3N7O3. The van der Waals surface area contributed by atoms with E-state index < -0.39 is 23.5 Å². The summed E-state index contributed by atoms with van der Waals surface area (Å²) in [5, 5.41) is 16.9. The Bertz CT molecular complexity index is 1070. The molecule has 2 aliphatic rings. The number of ether oxygens (including phenoxy) is 1. The molecule has 34 heavy (non-hydrogen) atoms. The second kappa shape index (κ2) is 8.53. The normalized spacial score (nSPS) is 24.4. The first kappa shape index (κ1) is 23.9. The van der Waals surface area contributed by atoms with Crippen LogP contribution in [-0.2, 0) is 11.0 Å². The van der Waals surface area contributed by atoms with Gasteiger partial charge in [0.1, 0.15) is 5.69 Å². The van der Waals surface area contributed by atoms with Gasteiger partial charge < -0.3 is 25.4 Å². The van der Waals surface area contributed by atoms with E-state index in [4.69, 9.17) is 4.74 Å². The first-order chi connectivity index (χ1) is 15.9. The van der Waals surface area contributed by atoms with Crippen LogP contribution < -0.4 is 20.3 Å². The Hall–Kier alpha value is -3.22. The number of carbonyl (C=O) groups excluding carboxylic acids is 1. The van der Waals surface area contributed by atoms with Gasteiger partial charge in [-0.3, -0.25) is 4.79 Å². The molecule has 0 bridgehead atoms. The van der Waals surface area contributed by atoms with Crippen LogP contribution in [-0.4, -0.2) is 56.4 Å². The van der Waals surface area contributed by atoms with Gasteiger partial charge in [-0.2, -0.15) is 18.2 Å². The standard InChI is InChI=1S/C21H26F3N7O3/c1-10(2)20(33)18(32)29-16-11(3)27-19(30-17(16)31(20)4)28-13-5-12(6-13)9-34-15-8-25-14(7-26-15)21(22,23)24/h7-8,10,12-13,33H,5-6,9H2,1-4H3,(H,29,32)(H,27,28,30)/t12-,13+,20-/m0/s1. The monoisotopic (exact) mass is 481 g/mol. The van der Waals surface area contributed by atoms with Gasteiger partial charge >= 0.3 is 6.18 Å². The smallest absolute Gasteiger partial charge is 0.434 e. The molecule has 10 nitrogen and oxygen atoms in total. The average Bonchev–Trinajstić information content (AvgIpc) is 2.74. The number of aliphatic hydroxyl groups is 1. The minimum Gasteiger partial charge on any atom is -0.476 e. The number of anilines is 3. The molecule has 3 N–H and O–H groups in total. The van der Waals surface area contributed by atoms with Crippen LogP contribution >= 0.6 is 0 Å². The largest absolute Gasteiger partial charge is 0.476 e. The Morgan fingerprint density at radius 3 is 2.59 bits per heavy atom. The summed E-state index contributed by atoms with van der Waals surface area (Å²) in [6, 6.07) is 0.0807. The van der Waals surface area contributed by atoms with E-state index in [9.17, 15) is 23.1 Å². The number of halogens is 3. The van der Waals surface area contributed by atoms with Gasteiger partial charge in [0.2, 0.25) is 17.6 Å². The predicted octanol–water partition coefficient (Wildman–Crippen LogP) is 2.60. The maximum absolute atomic E-state index is 12.6. The molecule has 0 unspecified atom stereocenters. The van der Waals surface area contributed by atoms with Crippen LogP contribution in [0.4, 0.5) is 30.6 Å². The molecule has 0 saturated heterocycles. The van der Waals surface area contributed by atoms with Gasteiger partial charge in [0.05, 0.1) is 24.7 Å². The number of likely N-dealkylation sites (N-methyl/N-ethyl adjacent to an activating group) is 1. The number of amides is 1. The van der Waals surface area contributed by atoms with Crippen molar-refractivity contribution in [2.75, 3.05) is 29.2 Å². The van der Waals surface area contributed by atoms with E-state index in [1.165, 1.54) is 4.90 Å². The van der Waals surface area contributed by atoms with E-state index in [2.05, 4.69) is 30.6 Å². The maximum atomic E-state index is 12.6. The van der Waals surface area contributed by atoms with E-state index in [0.717, 1.165) is 19.0 Å². The van der Waals surface area contributed by atoms with E-state index in [-0.39, 0.29) is 23.8 Å². The number of carbonyl (C=O) groups is 1. The Balaban J connectivity index is 1.34. The van der Waals surface area contributed by atoms with Crippen molar-refractivity contribution in [2.24, 2.45) is 11.8 Å². The number of nitrogens with one attached hydrogen (secondary N) is 2. The van der Waals surface area contributed by atoms with E-state index in [1.54, 1.807) is 27.8 Å². The molecule has 3 heterocycles. The van der Waals surface area contributed by atoms with Crippen LogP contribution in [0, 0.1) is 18.8 Å². The third-order valence-electron chi connectivity index (χ3n) is 6.23. The minimum absolute atomic E-state index is 0.0424. The summed E-state index contributed by atoms with van der Waals surface area (Å²) in [5.41, 5.74) is -1.77. The van der Waals surface area contributed by atoms with Crippen molar-refractivity contribution in [3.05, 3.63) is 23.8 Å². The molecule has 2 aromatic heterocycles. The summed E-state index contributed by atoms with van der Waals surface area (Å²) in [6.45, 7) is 5.56. The molecule has 1 amide bonds. The lowest BCUT2D eigenvalue weighted by Gasteiger charge is -2.44. The van der Waals surface area contributed by atoms with Crippen LogP contribution in [0.15, 0.2) is 12.4 Å². The van der Waals surface area contributed by atoms with E-state index in [1.807, 2.05) is 0 Å². The molecule has 0 radical (unpaired) electrons. The molecule has 4 rings (SSSR count). The molecule has 13 heteroatoms. The van der Waals surface area contributed by atoms with Crippen LogP contribution in [0.1, 0.15) is 38.1 Å². The molecule has 1 aliphatic carbocycles. The molecule has 1 atom stereocenters. The fourth-order valence-electron chi connectivity index (χ4n) is 4.09. The summed E-state index contributed by atoms with van der Waals surface area (Å²) in [5.74, 6) is 0.131. The van der Waals surface area contributed by atoms with E-state index in [0.29, 0.717) is 36.0 Å². The zero-order valence-corrected chi connectivity index (χ0v) is 19.1. The number of hydrogen-bond acceptors (Lipinski definition) is 9. The quantitative estimate of drug-likeness (QED) is 0.571. The summed E-state index contributed by atoms with van der Waals surface area (Å²) < 4.78 is 43.1. The summed E-state index contributed by atoms with van der Waals surface area (Å²) in [6.07, 6.45) is -1.43. The second-order valence-electron chi connectivity index (χ2n) is 8.95. The highest BCUT2D eigenvalue weighted by Crippen LogP contribution is 2.39. The van der Waals surface area contributed by atoms with Gasteiger partial charge in [0.15, 0.2) is 11.5 Å². The van der Waals surface area contributed by atoms with Crippen LogP contribution in [0.2, 0.25) is 0 Å². The lowest BCUT2D eigenvalue weighted by molar-refractivity contribution is -0.141. The zero-order valence-electron chi connectivity index (χ0n) is 19.1. The van der Waals surface area contributed by atoms with Gasteiger partial charge in [-0.25, -0.2) is 15.0 Å². The van der Waals surface area contributed by atoms with Crippen molar-refractivity contribution >= 4 is 23.4 Å². The second-order valence-corrected chi connectivity index (χ2v) is 8.95. The fourth-order valence-corrected chi connectivity index (χ4v) is 4.09. The van der Waals surface area contributed by atoms with Crippen LogP contribution in [0.25, 0.3) is 0 Å². The highest BCUT2D eigenvalue weighted by atomic mass is 19.4. The topological polar surface area (TPSA) is 125 Å². The minimum atomic E-state index is -4.54. The van der Waals surface area contributed by atoms with Gasteiger partial charge in [-0.1, -0.05) is 13.8 Å². The van der Waals surface area contributed by atoms with Gasteiger partial charge in [0.25, 0.3) is 5.91 Å². The number of fused-ring (bicyclic) bond motifs is 1. The number of rotatable bonds is 6. The summed E-state index contributed by atoms with van der Waals surface area (Å²) in [7, 11) is 1.62. The molecule has 1 saturated carbocycles. The van der Waals surface area contributed by atoms with Crippen molar-refractivity contribution in [3.63, 3.8) is 0 Å². The predicted molar refractivity (Wildman–Crippen MR) is 116 cm³/mol. The molecule has 1 fully saturated rings. The number of aromatic nitrogens is 4. The number of hydrogen-bond donors (Lipinski definition) is 3. The number of aryl methyl sites for hydroxylation is 1. The van der Waals surface area contributed by atoms with Gasteiger partial charge in [0, 0.05) is 19.0 Å². The van der Waals surface area contributed by atoms with Gasteiger partial charge in [-0.05, 0) is 25.7 Å². The SMILES string of the molecule is Cc1nc(N[C@H]2C[C@@H](COc3cnc(C(F)(F)F)cn3)C2)nc2c1NC(=O)[C@@](O)(C(C)C)N2C. The van der Waals surface area contributed by atoms with Crippen molar-refractivity contribution < 1.29 is 27.8 Å². The van der Waals surface area contributed by atoms with Crippen LogP contribution in [0.5, 0.6) is 5.88 Å². The zero-order chi connectivity index (χ0) is 24.8. The third-order valence-corrected chi connectivity index (χ3v) is 6.23. The Labute approximate surface area is 194 Å². The fraction of sp³-hybridized carbons (Fsp3) is 0.571. The Morgan fingerprint density at radius 2 is 2.00 bits per heavy atom. The first-order valence-corrected chi connectivity index (χ1v) is 10.8. The average molecular weight is 481 g/mol. The number of alkyl halides is 3. The van der Waals surface area contributed by atoms with Crippen LogP contribution in [0.3, 0.4) is 0 Å². The molecule has 1 aliphatic heterocycles. The lowest BCUT2D eigenvalue weighted by Crippen LogP contribution is -2.62. The van der Waals surface area contributed by atoms with Gasteiger partial charge in [-0.15, -0.1) is 0 Å². The molecule has 184 valence electrons. The van der Waals surface area contributed by atoms with Crippen molar-refractivity contribution in [1.82, 2.24) is 19.9 Å². The highest BCUT2D eigenvalue weighted by molar-refractivity contribution is 6.05. The molecular weight excluding hydrogens is 455 g/mol. The van der Waals surface area contributed by atoms with Crippen molar-refractivity contribution in [2.45, 2.75) is 51.6 Å². The summed E-state index contributed by atoms with van der Waals surface area (Å²) in [4.78, 5) is 29.9. The van der Waals surface area contributed by atoms with E-state index >= 15 is 0 Å². The third kappa shape index (κ3) is 4.31. The molecule has 0 aromatic carbocycles.